The molecule has 0 amide bonds. The minimum absolute atomic E-state index is 0.0319. The highest BCUT2D eigenvalue weighted by molar-refractivity contribution is 6.04. The molecule has 0 radical (unpaired) electrons. The first-order valence-corrected chi connectivity index (χ1v) is 10.1. The molecule has 6 heteroatoms. The molecule has 0 bridgehead atoms. The number of carbonyl (C=O) groups is 2. The van der Waals surface area contributed by atoms with E-state index in [0.29, 0.717) is 35.6 Å². The van der Waals surface area contributed by atoms with Crippen molar-refractivity contribution in [1.29, 1.82) is 0 Å². The van der Waals surface area contributed by atoms with Crippen molar-refractivity contribution in [2.24, 2.45) is 0 Å². The number of ketones is 1. The van der Waals surface area contributed by atoms with Gasteiger partial charge in [0.05, 0.1) is 24.2 Å². The minimum Gasteiger partial charge on any atom is -0.491 e. The Labute approximate surface area is 171 Å². The molecule has 1 aromatic rings. The SMILES string of the molecule is COCCOC(=O)C1=C(C)NC2=C(C(=O)CCC2)C1c1ccccc1OC(C)C. The van der Waals surface area contributed by atoms with Gasteiger partial charge in [-0.2, -0.15) is 0 Å². The van der Waals surface area contributed by atoms with E-state index in [0.717, 1.165) is 24.1 Å². The Morgan fingerprint density at radius 3 is 2.69 bits per heavy atom. The van der Waals surface area contributed by atoms with Crippen LogP contribution in [-0.4, -0.2) is 38.2 Å². The van der Waals surface area contributed by atoms with E-state index in [1.54, 1.807) is 7.11 Å². The predicted molar refractivity (Wildman–Crippen MR) is 110 cm³/mol. The summed E-state index contributed by atoms with van der Waals surface area (Å²) in [4.78, 5) is 26.0. The second-order valence-corrected chi connectivity index (χ2v) is 7.60. The first kappa shape index (κ1) is 21.1. The smallest absolute Gasteiger partial charge is 0.336 e. The van der Waals surface area contributed by atoms with Gasteiger partial charge in [0, 0.05) is 36.1 Å². The molecule has 6 nitrogen and oxygen atoms in total. The summed E-state index contributed by atoms with van der Waals surface area (Å²) < 4.78 is 16.5. The maximum atomic E-state index is 13.0. The molecular formula is C23H29NO5. The van der Waals surface area contributed by atoms with Crippen molar-refractivity contribution in [3.63, 3.8) is 0 Å². The number of methoxy groups -OCH3 is 1. The molecule has 0 saturated carbocycles. The van der Waals surface area contributed by atoms with Gasteiger partial charge >= 0.3 is 5.97 Å². The third-order valence-electron chi connectivity index (χ3n) is 5.11. The number of hydrogen-bond donors (Lipinski definition) is 1. The van der Waals surface area contributed by atoms with Crippen LogP contribution in [-0.2, 0) is 19.1 Å². The van der Waals surface area contributed by atoms with Crippen LogP contribution in [0.25, 0.3) is 0 Å². The zero-order valence-corrected chi connectivity index (χ0v) is 17.5. The van der Waals surface area contributed by atoms with Gasteiger partial charge in [-0.1, -0.05) is 18.2 Å². The number of allylic oxidation sites excluding steroid dienone is 3. The first-order valence-electron chi connectivity index (χ1n) is 10.1. The number of Topliss-reactive ketones (excluding diaryl/α,β-unsaturated/α-hetero) is 1. The predicted octanol–water partition coefficient (Wildman–Crippen LogP) is 3.63. The summed E-state index contributed by atoms with van der Waals surface area (Å²) in [5.41, 5.74) is 3.53. The molecule has 1 N–H and O–H groups in total. The van der Waals surface area contributed by atoms with Crippen molar-refractivity contribution < 1.29 is 23.8 Å². The molecule has 1 unspecified atom stereocenters. The zero-order valence-electron chi connectivity index (χ0n) is 17.5. The fraction of sp³-hybridized carbons (Fsp3) is 0.478. The second-order valence-electron chi connectivity index (χ2n) is 7.60. The number of hydrogen-bond acceptors (Lipinski definition) is 6. The van der Waals surface area contributed by atoms with Gasteiger partial charge in [0.1, 0.15) is 12.4 Å². The van der Waals surface area contributed by atoms with Gasteiger partial charge in [0.15, 0.2) is 5.78 Å². The number of carbonyl (C=O) groups excluding carboxylic acids is 2. The molecule has 29 heavy (non-hydrogen) atoms. The van der Waals surface area contributed by atoms with Crippen LogP contribution in [0.2, 0.25) is 0 Å². The Hall–Kier alpha value is -2.60. The van der Waals surface area contributed by atoms with E-state index >= 15 is 0 Å². The summed E-state index contributed by atoms with van der Waals surface area (Å²) in [5.74, 6) is -0.210. The van der Waals surface area contributed by atoms with Crippen molar-refractivity contribution in [3.05, 3.63) is 52.4 Å². The van der Waals surface area contributed by atoms with E-state index in [4.69, 9.17) is 14.2 Å². The summed E-state index contributed by atoms with van der Waals surface area (Å²) in [6.07, 6.45) is 2.04. The Kier molecular flexibility index (Phi) is 6.75. The Balaban J connectivity index is 2.11. The molecule has 3 rings (SSSR count). The fourth-order valence-electron chi connectivity index (χ4n) is 3.94. The van der Waals surface area contributed by atoms with Gasteiger partial charge in [0.25, 0.3) is 0 Å². The quantitative estimate of drug-likeness (QED) is 0.558. The third-order valence-corrected chi connectivity index (χ3v) is 5.11. The highest BCUT2D eigenvalue weighted by Crippen LogP contribution is 2.45. The summed E-state index contributed by atoms with van der Waals surface area (Å²) >= 11 is 0. The van der Waals surface area contributed by atoms with Gasteiger partial charge in [-0.3, -0.25) is 4.79 Å². The van der Waals surface area contributed by atoms with Crippen LogP contribution in [0.3, 0.4) is 0 Å². The maximum Gasteiger partial charge on any atom is 0.336 e. The van der Waals surface area contributed by atoms with Gasteiger partial charge < -0.3 is 19.5 Å². The molecule has 156 valence electrons. The average molecular weight is 399 g/mol. The Bertz CT molecular complexity index is 853. The van der Waals surface area contributed by atoms with Crippen molar-refractivity contribution in [3.8, 4) is 5.75 Å². The number of nitrogens with one attached hydrogen (secondary N) is 1. The summed E-state index contributed by atoms with van der Waals surface area (Å²) in [5, 5.41) is 3.30. The van der Waals surface area contributed by atoms with Gasteiger partial charge in [-0.05, 0) is 39.7 Å². The van der Waals surface area contributed by atoms with E-state index in [2.05, 4.69) is 5.32 Å². The van der Waals surface area contributed by atoms with Crippen LogP contribution in [0.4, 0.5) is 0 Å². The standard InChI is InChI=1S/C23H29NO5/c1-14(2)29-19-11-6-5-8-16(19)21-20(23(26)28-13-12-27-4)15(3)24-17-9-7-10-18(25)22(17)21/h5-6,8,11,14,21,24H,7,9-10,12-13H2,1-4H3. The van der Waals surface area contributed by atoms with Crippen molar-refractivity contribution in [1.82, 2.24) is 5.32 Å². The minimum atomic E-state index is -0.510. The maximum absolute atomic E-state index is 13.0. The highest BCUT2D eigenvalue weighted by Gasteiger charge is 2.40. The number of ether oxygens (including phenoxy) is 3. The first-order chi connectivity index (χ1) is 13.9. The Morgan fingerprint density at radius 1 is 1.21 bits per heavy atom. The average Bonchev–Trinajstić information content (AvgIpc) is 2.67. The van der Waals surface area contributed by atoms with E-state index in [9.17, 15) is 9.59 Å². The molecule has 0 aromatic heterocycles. The summed E-state index contributed by atoms with van der Waals surface area (Å²) in [6.45, 7) is 6.24. The molecule has 1 aliphatic carbocycles. The van der Waals surface area contributed by atoms with Crippen LogP contribution in [0, 0.1) is 0 Å². The zero-order chi connectivity index (χ0) is 21.0. The lowest BCUT2D eigenvalue weighted by Gasteiger charge is -2.35. The second kappa shape index (κ2) is 9.27. The van der Waals surface area contributed by atoms with E-state index in [-0.39, 0.29) is 18.5 Å². The monoisotopic (exact) mass is 399 g/mol. The topological polar surface area (TPSA) is 73.9 Å². The number of benzene rings is 1. The number of rotatable bonds is 7. The molecule has 0 saturated heterocycles. The number of dihydropyridines is 1. The molecule has 1 atom stereocenters. The number of para-hydroxylation sites is 1. The normalized spacial score (nSPS) is 19.2. The van der Waals surface area contributed by atoms with E-state index < -0.39 is 11.9 Å². The third kappa shape index (κ3) is 4.53. The fourth-order valence-corrected chi connectivity index (χ4v) is 3.94. The molecule has 1 aliphatic heterocycles. The number of esters is 1. The highest BCUT2D eigenvalue weighted by atomic mass is 16.6. The molecule has 0 spiro atoms. The molecular weight excluding hydrogens is 370 g/mol. The van der Waals surface area contributed by atoms with Crippen molar-refractivity contribution >= 4 is 11.8 Å². The molecule has 1 aromatic carbocycles. The van der Waals surface area contributed by atoms with Gasteiger partial charge in [-0.15, -0.1) is 0 Å². The molecule has 1 heterocycles. The van der Waals surface area contributed by atoms with Crippen LogP contribution in [0.5, 0.6) is 5.75 Å². The lowest BCUT2D eigenvalue weighted by atomic mass is 9.75. The summed E-state index contributed by atoms with van der Waals surface area (Å²) in [6, 6.07) is 7.61. The largest absolute Gasteiger partial charge is 0.491 e. The van der Waals surface area contributed by atoms with Crippen LogP contribution < -0.4 is 10.1 Å². The van der Waals surface area contributed by atoms with Crippen LogP contribution in [0.1, 0.15) is 51.5 Å². The molecule has 2 aliphatic rings. The van der Waals surface area contributed by atoms with Crippen molar-refractivity contribution in [2.75, 3.05) is 20.3 Å². The van der Waals surface area contributed by atoms with Crippen LogP contribution >= 0.6 is 0 Å². The van der Waals surface area contributed by atoms with Gasteiger partial charge in [-0.25, -0.2) is 4.79 Å². The van der Waals surface area contributed by atoms with Gasteiger partial charge in [0.2, 0.25) is 0 Å². The van der Waals surface area contributed by atoms with E-state index in [1.165, 1.54) is 0 Å². The lowest BCUT2D eigenvalue weighted by molar-refractivity contribution is -0.140. The van der Waals surface area contributed by atoms with Crippen molar-refractivity contribution in [2.45, 2.75) is 52.1 Å². The Morgan fingerprint density at radius 2 is 1.97 bits per heavy atom. The van der Waals surface area contributed by atoms with E-state index in [1.807, 2.05) is 45.0 Å². The summed E-state index contributed by atoms with van der Waals surface area (Å²) in [7, 11) is 1.56. The van der Waals surface area contributed by atoms with Crippen LogP contribution in [0.15, 0.2) is 46.8 Å². The lowest BCUT2D eigenvalue weighted by Crippen LogP contribution is -2.34. The molecule has 0 fully saturated rings.